The van der Waals surface area contributed by atoms with Crippen molar-refractivity contribution < 1.29 is 19.1 Å². The van der Waals surface area contributed by atoms with E-state index in [1.165, 1.54) is 0 Å². The topological polar surface area (TPSA) is 65.5 Å². The minimum absolute atomic E-state index is 0.00673. The molecule has 0 aliphatic heterocycles. The van der Waals surface area contributed by atoms with E-state index in [4.69, 9.17) is 9.47 Å². The van der Waals surface area contributed by atoms with Gasteiger partial charge in [0.2, 0.25) is 0 Å². The highest BCUT2D eigenvalue weighted by molar-refractivity contribution is 5.89. The van der Waals surface area contributed by atoms with Crippen LogP contribution in [0.15, 0.2) is 79.0 Å². The Labute approximate surface area is 151 Å². The summed E-state index contributed by atoms with van der Waals surface area (Å²) in [6.07, 6.45) is 1.61. The molecule has 0 saturated carbocycles. The first kappa shape index (κ1) is 17.4. The standard InChI is InChI=1S/C21H17NO4/c23-20(16-8-3-1-4-9-16)25-14-18-12-7-13-22-19(18)15-26-21(24)17-10-5-2-6-11-17/h1-13H,14-15H2. The van der Waals surface area contributed by atoms with E-state index in [2.05, 4.69) is 4.98 Å². The van der Waals surface area contributed by atoms with Crippen molar-refractivity contribution in [3.63, 3.8) is 0 Å². The maximum atomic E-state index is 12.1. The van der Waals surface area contributed by atoms with E-state index >= 15 is 0 Å². The molecular formula is C21H17NO4. The Hall–Kier alpha value is -3.47. The molecule has 3 rings (SSSR count). The van der Waals surface area contributed by atoms with Crippen LogP contribution in [0.1, 0.15) is 32.0 Å². The molecule has 0 aliphatic rings. The summed E-state index contributed by atoms with van der Waals surface area (Å²) in [6, 6.07) is 21.0. The van der Waals surface area contributed by atoms with Crippen molar-refractivity contribution in [1.82, 2.24) is 4.98 Å². The largest absolute Gasteiger partial charge is 0.457 e. The summed E-state index contributed by atoms with van der Waals surface area (Å²) in [6.45, 7) is 0.0621. The molecule has 0 fully saturated rings. The van der Waals surface area contributed by atoms with E-state index in [0.29, 0.717) is 22.4 Å². The van der Waals surface area contributed by atoms with Gasteiger partial charge in [0, 0.05) is 11.8 Å². The van der Waals surface area contributed by atoms with Crippen molar-refractivity contribution in [1.29, 1.82) is 0 Å². The van der Waals surface area contributed by atoms with Crippen LogP contribution in [0.4, 0.5) is 0 Å². The van der Waals surface area contributed by atoms with Gasteiger partial charge >= 0.3 is 11.9 Å². The highest BCUT2D eigenvalue weighted by Crippen LogP contribution is 2.12. The zero-order valence-electron chi connectivity index (χ0n) is 14.0. The number of benzene rings is 2. The summed E-state index contributed by atoms with van der Waals surface area (Å²) < 4.78 is 10.6. The zero-order chi connectivity index (χ0) is 18.2. The Morgan fingerprint density at radius 3 is 1.81 bits per heavy atom. The number of hydrogen-bond acceptors (Lipinski definition) is 5. The van der Waals surface area contributed by atoms with Crippen LogP contribution in [0, 0.1) is 0 Å². The number of carbonyl (C=O) groups excluding carboxylic acids is 2. The molecule has 0 unspecified atom stereocenters. The van der Waals surface area contributed by atoms with Crippen LogP contribution in [-0.4, -0.2) is 16.9 Å². The minimum atomic E-state index is -0.427. The molecule has 5 nitrogen and oxygen atoms in total. The van der Waals surface area contributed by atoms with Gasteiger partial charge in [-0.15, -0.1) is 0 Å². The van der Waals surface area contributed by atoms with Crippen LogP contribution in [0.3, 0.4) is 0 Å². The van der Waals surface area contributed by atoms with Gasteiger partial charge in [0.25, 0.3) is 0 Å². The highest BCUT2D eigenvalue weighted by atomic mass is 16.5. The molecule has 0 N–H and O–H groups in total. The van der Waals surface area contributed by atoms with E-state index in [9.17, 15) is 9.59 Å². The van der Waals surface area contributed by atoms with Gasteiger partial charge in [0.15, 0.2) is 0 Å². The fourth-order valence-electron chi connectivity index (χ4n) is 2.33. The Morgan fingerprint density at radius 1 is 0.692 bits per heavy atom. The number of aromatic nitrogens is 1. The number of nitrogens with zero attached hydrogens (tertiary/aromatic N) is 1. The van der Waals surface area contributed by atoms with E-state index < -0.39 is 11.9 Å². The molecule has 0 atom stereocenters. The van der Waals surface area contributed by atoms with Gasteiger partial charge in [-0.1, -0.05) is 42.5 Å². The van der Waals surface area contributed by atoms with Gasteiger partial charge in [-0.25, -0.2) is 9.59 Å². The lowest BCUT2D eigenvalue weighted by Gasteiger charge is -2.10. The molecule has 1 heterocycles. The second-order valence-corrected chi connectivity index (χ2v) is 5.49. The average molecular weight is 347 g/mol. The molecular weight excluding hydrogens is 330 g/mol. The van der Waals surface area contributed by atoms with Crippen LogP contribution in [0.2, 0.25) is 0 Å². The molecule has 3 aromatic rings. The maximum absolute atomic E-state index is 12.1. The number of rotatable bonds is 6. The number of ether oxygens (including phenoxy) is 2. The molecule has 130 valence electrons. The summed E-state index contributed by atoms with van der Waals surface area (Å²) in [5.41, 5.74) is 2.20. The molecule has 0 spiro atoms. The lowest BCUT2D eigenvalue weighted by atomic mass is 10.2. The number of hydrogen-bond donors (Lipinski definition) is 0. The van der Waals surface area contributed by atoms with Crippen LogP contribution in [0.25, 0.3) is 0 Å². The predicted octanol–water partition coefficient (Wildman–Crippen LogP) is 3.80. The molecule has 0 aliphatic carbocycles. The fourth-order valence-corrected chi connectivity index (χ4v) is 2.33. The van der Waals surface area contributed by atoms with E-state index in [0.717, 1.165) is 0 Å². The van der Waals surface area contributed by atoms with Gasteiger partial charge in [-0.3, -0.25) is 4.98 Å². The molecule has 2 aromatic carbocycles. The highest BCUT2D eigenvalue weighted by Gasteiger charge is 2.12. The van der Waals surface area contributed by atoms with Crippen LogP contribution < -0.4 is 0 Å². The summed E-state index contributed by atoms with van der Waals surface area (Å²) in [4.78, 5) is 28.3. The van der Waals surface area contributed by atoms with Crippen molar-refractivity contribution in [2.24, 2.45) is 0 Å². The van der Waals surface area contributed by atoms with Gasteiger partial charge in [0.05, 0.1) is 16.8 Å². The van der Waals surface area contributed by atoms with Crippen LogP contribution >= 0.6 is 0 Å². The van der Waals surface area contributed by atoms with Gasteiger partial charge in [-0.05, 0) is 30.3 Å². The quantitative estimate of drug-likeness (QED) is 0.635. The first-order chi connectivity index (χ1) is 12.7. The van der Waals surface area contributed by atoms with Crippen LogP contribution in [0.5, 0.6) is 0 Å². The molecule has 0 saturated heterocycles. The predicted molar refractivity (Wildman–Crippen MR) is 95.4 cm³/mol. The number of carbonyl (C=O) groups is 2. The third-order valence-corrected chi connectivity index (χ3v) is 3.70. The van der Waals surface area contributed by atoms with Crippen molar-refractivity contribution in [2.45, 2.75) is 13.2 Å². The smallest absolute Gasteiger partial charge is 0.338 e. The molecule has 0 radical (unpaired) electrons. The van der Waals surface area contributed by atoms with Crippen molar-refractivity contribution in [3.05, 3.63) is 101 Å². The molecule has 26 heavy (non-hydrogen) atoms. The molecule has 0 amide bonds. The monoisotopic (exact) mass is 347 g/mol. The summed E-state index contributed by atoms with van der Waals surface area (Å²) >= 11 is 0. The van der Waals surface area contributed by atoms with Crippen LogP contribution in [-0.2, 0) is 22.7 Å². The fraction of sp³-hybridized carbons (Fsp3) is 0.0952. The van der Waals surface area contributed by atoms with Crippen molar-refractivity contribution >= 4 is 11.9 Å². The summed E-state index contributed by atoms with van der Waals surface area (Å²) in [7, 11) is 0. The second kappa shape index (κ2) is 8.58. The minimum Gasteiger partial charge on any atom is -0.457 e. The van der Waals surface area contributed by atoms with E-state index in [1.807, 2.05) is 12.1 Å². The summed E-state index contributed by atoms with van der Waals surface area (Å²) in [5, 5.41) is 0. The summed E-state index contributed by atoms with van der Waals surface area (Å²) in [5.74, 6) is -0.842. The van der Waals surface area contributed by atoms with E-state index in [1.54, 1.807) is 66.9 Å². The normalized spacial score (nSPS) is 10.2. The lowest BCUT2D eigenvalue weighted by Crippen LogP contribution is -2.10. The van der Waals surface area contributed by atoms with Gasteiger partial charge < -0.3 is 9.47 Å². The van der Waals surface area contributed by atoms with Crippen molar-refractivity contribution in [3.8, 4) is 0 Å². The maximum Gasteiger partial charge on any atom is 0.338 e. The molecule has 5 heteroatoms. The molecule has 1 aromatic heterocycles. The zero-order valence-corrected chi connectivity index (χ0v) is 14.0. The second-order valence-electron chi connectivity index (χ2n) is 5.49. The first-order valence-electron chi connectivity index (χ1n) is 8.11. The van der Waals surface area contributed by atoms with Gasteiger partial charge in [0.1, 0.15) is 13.2 Å². The number of pyridine rings is 1. The Kier molecular flexibility index (Phi) is 5.72. The lowest BCUT2D eigenvalue weighted by molar-refractivity contribution is 0.0431. The average Bonchev–Trinajstić information content (AvgIpc) is 2.72. The SMILES string of the molecule is O=C(OCc1cccnc1COC(=O)c1ccccc1)c1ccccc1. The van der Waals surface area contributed by atoms with Crippen molar-refractivity contribution in [2.75, 3.05) is 0 Å². The Balaban J connectivity index is 1.61. The first-order valence-corrected chi connectivity index (χ1v) is 8.11. The van der Waals surface area contributed by atoms with Gasteiger partial charge in [-0.2, -0.15) is 0 Å². The van der Waals surface area contributed by atoms with E-state index in [-0.39, 0.29) is 13.2 Å². The third kappa shape index (κ3) is 4.54. The molecule has 0 bridgehead atoms. The third-order valence-electron chi connectivity index (χ3n) is 3.70. The Morgan fingerprint density at radius 2 is 1.23 bits per heavy atom. The Bertz CT molecular complexity index is 804. The number of esters is 2.